The fourth-order valence-electron chi connectivity index (χ4n) is 1.99. The summed E-state index contributed by atoms with van der Waals surface area (Å²) >= 11 is 0. The average molecular weight is 285 g/mol. The minimum Gasteiger partial charge on any atom is -0.479 e. The normalized spacial score (nSPS) is 11.5. The van der Waals surface area contributed by atoms with E-state index in [0.717, 1.165) is 0 Å². The minimum absolute atomic E-state index is 0.294. The largest absolute Gasteiger partial charge is 0.479 e. The number of benzene rings is 2. The Morgan fingerprint density at radius 1 is 1.05 bits per heavy atom. The van der Waals surface area contributed by atoms with Crippen molar-refractivity contribution in [1.29, 1.82) is 0 Å². The van der Waals surface area contributed by atoms with Crippen LogP contribution in [0.4, 0.5) is 5.69 Å². The summed E-state index contributed by atoms with van der Waals surface area (Å²) in [4.78, 5) is 23.2. The number of aliphatic carboxylic acids is 1. The molecule has 0 aliphatic heterocycles. The van der Waals surface area contributed by atoms with Crippen LogP contribution in [0.2, 0.25) is 0 Å². The fourth-order valence-corrected chi connectivity index (χ4v) is 1.99. The Morgan fingerprint density at radius 3 is 2.29 bits per heavy atom. The van der Waals surface area contributed by atoms with E-state index in [4.69, 9.17) is 4.74 Å². The zero-order chi connectivity index (χ0) is 15.2. The van der Waals surface area contributed by atoms with Crippen molar-refractivity contribution in [2.75, 3.05) is 12.4 Å². The SMILES string of the molecule is COC(=O)c1ccccc1NC(C(=O)O)c1ccccc1. The predicted octanol–water partition coefficient (Wildman–Crippen LogP) is 2.71. The van der Waals surface area contributed by atoms with Crippen LogP contribution in [-0.2, 0) is 9.53 Å². The first-order chi connectivity index (χ1) is 10.1. The maximum atomic E-state index is 11.7. The van der Waals surface area contributed by atoms with Gasteiger partial charge in [-0.25, -0.2) is 9.59 Å². The lowest BCUT2D eigenvalue weighted by atomic mass is 10.1. The molecule has 0 aliphatic rings. The van der Waals surface area contributed by atoms with E-state index in [-0.39, 0.29) is 0 Å². The summed E-state index contributed by atoms with van der Waals surface area (Å²) in [6.07, 6.45) is 0. The van der Waals surface area contributed by atoms with Crippen molar-refractivity contribution in [3.8, 4) is 0 Å². The van der Waals surface area contributed by atoms with Gasteiger partial charge < -0.3 is 15.2 Å². The fraction of sp³-hybridized carbons (Fsp3) is 0.125. The Balaban J connectivity index is 2.35. The van der Waals surface area contributed by atoms with Crippen LogP contribution in [0, 0.1) is 0 Å². The Labute approximate surface area is 122 Å². The lowest BCUT2D eigenvalue weighted by Crippen LogP contribution is -2.21. The molecular formula is C16H15NO4. The highest BCUT2D eigenvalue weighted by molar-refractivity contribution is 5.96. The topological polar surface area (TPSA) is 75.6 Å². The molecule has 1 unspecified atom stereocenters. The molecule has 5 nitrogen and oxygen atoms in total. The molecule has 0 spiro atoms. The van der Waals surface area contributed by atoms with Crippen molar-refractivity contribution < 1.29 is 19.4 Å². The van der Waals surface area contributed by atoms with Gasteiger partial charge in [-0.3, -0.25) is 0 Å². The van der Waals surface area contributed by atoms with Crippen LogP contribution in [0.5, 0.6) is 0 Å². The van der Waals surface area contributed by atoms with Crippen LogP contribution >= 0.6 is 0 Å². The van der Waals surface area contributed by atoms with Crippen molar-refractivity contribution in [2.24, 2.45) is 0 Å². The number of carbonyl (C=O) groups is 2. The van der Waals surface area contributed by atoms with Crippen LogP contribution in [-0.4, -0.2) is 24.2 Å². The summed E-state index contributed by atoms with van der Waals surface area (Å²) in [6.45, 7) is 0. The molecule has 0 heterocycles. The molecule has 108 valence electrons. The molecule has 21 heavy (non-hydrogen) atoms. The van der Waals surface area contributed by atoms with E-state index in [1.807, 2.05) is 6.07 Å². The number of esters is 1. The number of ether oxygens (including phenoxy) is 1. The molecule has 2 N–H and O–H groups in total. The van der Waals surface area contributed by atoms with Crippen LogP contribution in [0.3, 0.4) is 0 Å². The molecule has 0 fully saturated rings. The summed E-state index contributed by atoms with van der Waals surface area (Å²) in [5.74, 6) is -1.55. The van der Waals surface area contributed by atoms with Crippen molar-refractivity contribution in [3.05, 3.63) is 65.7 Å². The Morgan fingerprint density at radius 2 is 1.67 bits per heavy atom. The second-order valence-electron chi connectivity index (χ2n) is 4.36. The first-order valence-corrected chi connectivity index (χ1v) is 6.35. The van der Waals surface area contributed by atoms with E-state index in [0.29, 0.717) is 16.8 Å². The molecule has 5 heteroatoms. The lowest BCUT2D eigenvalue weighted by molar-refractivity contribution is -0.138. The van der Waals surface area contributed by atoms with Crippen LogP contribution in [0.15, 0.2) is 54.6 Å². The maximum absolute atomic E-state index is 11.7. The van der Waals surface area contributed by atoms with Gasteiger partial charge in [-0.2, -0.15) is 0 Å². The number of carbonyl (C=O) groups excluding carboxylic acids is 1. The van der Waals surface area contributed by atoms with Gasteiger partial charge >= 0.3 is 11.9 Å². The Kier molecular flexibility index (Phi) is 4.56. The number of hydrogen-bond donors (Lipinski definition) is 2. The molecule has 0 saturated carbocycles. The summed E-state index contributed by atoms with van der Waals surface area (Å²) in [5.41, 5.74) is 1.31. The van der Waals surface area contributed by atoms with Gasteiger partial charge in [0.25, 0.3) is 0 Å². The van der Waals surface area contributed by atoms with Gasteiger partial charge in [0, 0.05) is 5.69 Å². The molecule has 2 aromatic carbocycles. The van der Waals surface area contributed by atoms with Crippen molar-refractivity contribution >= 4 is 17.6 Å². The summed E-state index contributed by atoms with van der Waals surface area (Å²) in [7, 11) is 1.28. The second-order valence-corrected chi connectivity index (χ2v) is 4.36. The molecule has 2 rings (SSSR count). The third kappa shape index (κ3) is 3.39. The molecular weight excluding hydrogens is 270 g/mol. The van der Waals surface area contributed by atoms with Gasteiger partial charge in [-0.05, 0) is 17.7 Å². The maximum Gasteiger partial charge on any atom is 0.339 e. The first-order valence-electron chi connectivity index (χ1n) is 6.35. The zero-order valence-electron chi connectivity index (χ0n) is 11.4. The monoisotopic (exact) mass is 285 g/mol. The quantitative estimate of drug-likeness (QED) is 0.826. The van der Waals surface area contributed by atoms with Crippen molar-refractivity contribution in [3.63, 3.8) is 0 Å². The highest BCUT2D eigenvalue weighted by atomic mass is 16.5. The number of methoxy groups -OCH3 is 1. The van der Waals surface area contributed by atoms with E-state index in [1.165, 1.54) is 7.11 Å². The third-order valence-electron chi connectivity index (χ3n) is 3.01. The Hall–Kier alpha value is -2.82. The number of hydrogen-bond acceptors (Lipinski definition) is 4. The average Bonchev–Trinajstić information content (AvgIpc) is 2.52. The van der Waals surface area contributed by atoms with Gasteiger partial charge in [0.2, 0.25) is 0 Å². The molecule has 0 aromatic heterocycles. The van der Waals surface area contributed by atoms with Crippen LogP contribution in [0.1, 0.15) is 22.0 Å². The molecule has 0 amide bonds. The molecule has 0 bridgehead atoms. The van der Waals surface area contributed by atoms with Crippen LogP contribution < -0.4 is 5.32 Å². The van der Waals surface area contributed by atoms with E-state index in [1.54, 1.807) is 48.5 Å². The third-order valence-corrected chi connectivity index (χ3v) is 3.01. The van der Waals surface area contributed by atoms with Gasteiger partial charge in [0.1, 0.15) is 0 Å². The molecule has 0 aliphatic carbocycles. The van der Waals surface area contributed by atoms with E-state index < -0.39 is 18.0 Å². The van der Waals surface area contributed by atoms with Gasteiger partial charge in [0.05, 0.1) is 12.7 Å². The first kappa shape index (κ1) is 14.6. The lowest BCUT2D eigenvalue weighted by Gasteiger charge is -2.18. The molecule has 0 radical (unpaired) electrons. The number of para-hydroxylation sites is 1. The molecule has 1 atom stereocenters. The van der Waals surface area contributed by atoms with Crippen molar-refractivity contribution in [2.45, 2.75) is 6.04 Å². The molecule has 0 saturated heterocycles. The number of anilines is 1. The number of rotatable bonds is 5. The highest BCUT2D eigenvalue weighted by Gasteiger charge is 2.21. The second kappa shape index (κ2) is 6.56. The number of nitrogens with one attached hydrogen (secondary N) is 1. The van der Waals surface area contributed by atoms with E-state index in [9.17, 15) is 14.7 Å². The number of carboxylic acids is 1. The zero-order valence-corrected chi connectivity index (χ0v) is 11.4. The van der Waals surface area contributed by atoms with Crippen molar-refractivity contribution in [1.82, 2.24) is 0 Å². The summed E-state index contributed by atoms with van der Waals surface area (Å²) < 4.78 is 4.70. The predicted molar refractivity (Wildman–Crippen MR) is 78.2 cm³/mol. The van der Waals surface area contributed by atoms with Crippen LogP contribution in [0.25, 0.3) is 0 Å². The summed E-state index contributed by atoms with van der Waals surface area (Å²) in [5, 5.41) is 12.3. The van der Waals surface area contributed by atoms with Gasteiger partial charge in [-0.1, -0.05) is 42.5 Å². The summed E-state index contributed by atoms with van der Waals surface area (Å²) in [6, 6.07) is 14.5. The Bertz CT molecular complexity index is 640. The van der Waals surface area contributed by atoms with E-state index >= 15 is 0 Å². The van der Waals surface area contributed by atoms with Gasteiger partial charge in [0.15, 0.2) is 6.04 Å². The molecule has 2 aromatic rings. The smallest absolute Gasteiger partial charge is 0.339 e. The van der Waals surface area contributed by atoms with E-state index in [2.05, 4.69) is 5.32 Å². The standard InChI is InChI=1S/C16H15NO4/c1-21-16(20)12-9-5-6-10-13(12)17-14(15(18)19)11-7-3-2-4-8-11/h2-10,14,17H,1H3,(H,18,19). The number of carboxylic acid groups (broad SMARTS) is 1. The minimum atomic E-state index is -1.03. The highest BCUT2D eigenvalue weighted by Crippen LogP contribution is 2.23. The van der Waals surface area contributed by atoms with Gasteiger partial charge in [-0.15, -0.1) is 0 Å².